The summed E-state index contributed by atoms with van der Waals surface area (Å²) in [5, 5.41) is 2.30. The fourth-order valence-corrected chi connectivity index (χ4v) is 4.16. The fraction of sp³-hybridized carbons (Fsp3) is 0.417. The van der Waals surface area contributed by atoms with E-state index in [1.165, 1.54) is 0 Å². The molecule has 8 heteroatoms. The first-order valence-electron chi connectivity index (χ1n) is 5.91. The Morgan fingerprint density at radius 2 is 2.00 bits per heavy atom. The minimum absolute atomic E-state index is 0.0266. The van der Waals surface area contributed by atoms with E-state index < -0.39 is 27.4 Å². The van der Waals surface area contributed by atoms with E-state index in [1.54, 1.807) is 0 Å². The molecule has 0 unspecified atom stereocenters. The van der Waals surface area contributed by atoms with E-state index in [0.29, 0.717) is 6.42 Å². The summed E-state index contributed by atoms with van der Waals surface area (Å²) in [6.07, 6.45) is 0.480. The molecule has 0 radical (unpaired) electrons. The molecule has 1 heterocycles. The summed E-state index contributed by atoms with van der Waals surface area (Å²) in [6, 6.07) is 1.45. The highest BCUT2D eigenvalue weighted by Crippen LogP contribution is 2.21. The Labute approximate surface area is 120 Å². The molecule has 1 amide bonds. The van der Waals surface area contributed by atoms with Crippen molar-refractivity contribution in [3.05, 3.63) is 34.4 Å². The van der Waals surface area contributed by atoms with Gasteiger partial charge in [0.2, 0.25) is 0 Å². The van der Waals surface area contributed by atoms with Gasteiger partial charge in [-0.1, -0.05) is 11.6 Å². The highest BCUT2D eigenvalue weighted by molar-refractivity contribution is 7.91. The third kappa shape index (κ3) is 3.46. The highest BCUT2D eigenvalue weighted by atomic mass is 35.5. The maximum absolute atomic E-state index is 13.1. The first-order valence-corrected chi connectivity index (χ1v) is 8.11. The monoisotopic (exact) mass is 323 g/mol. The fourth-order valence-electron chi connectivity index (χ4n) is 2.06. The largest absolute Gasteiger partial charge is 0.352 e. The van der Waals surface area contributed by atoms with Gasteiger partial charge >= 0.3 is 0 Å². The Bertz CT molecular complexity index is 648. The summed E-state index contributed by atoms with van der Waals surface area (Å²) in [5.41, 5.74) is -0.175. The Hall–Kier alpha value is -1.21. The molecule has 20 heavy (non-hydrogen) atoms. The molecule has 110 valence electrons. The van der Waals surface area contributed by atoms with Gasteiger partial charge in [0.1, 0.15) is 0 Å². The van der Waals surface area contributed by atoms with Crippen molar-refractivity contribution in [1.82, 2.24) is 5.32 Å². The summed E-state index contributed by atoms with van der Waals surface area (Å²) >= 11 is 5.67. The van der Waals surface area contributed by atoms with Crippen LogP contribution in [0, 0.1) is 17.6 Å². The second-order valence-corrected chi connectivity index (χ2v) is 7.36. The van der Waals surface area contributed by atoms with Gasteiger partial charge in [0, 0.05) is 6.54 Å². The van der Waals surface area contributed by atoms with Crippen molar-refractivity contribution in [2.45, 2.75) is 6.42 Å². The zero-order valence-electron chi connectivity index (χ0n) is 10.3. The number of nitrogens with one attached hydrogen (secondary N) is 1. The minimum atomic E-state index is -3.02. The Balaban J connectivity index is 2.01. The van der Waals surface area contributed by atoms with E-state index in [4.69, 9.17) is 11.6 Å². The van der Waals surface area contributed by atoms with Gasteiger partial charge in [0.25, 0.3) is 5.91 Å². The molecule has 1 aliphatic rings. The van der Waals surface area contributed by atoms with Crippen LogP contribution in [0.4, 0.5) is 8.78 Å². The number of hydrogen-bond acceptors (Lipinski definition) is 3. The van der Waals surface area contributed by atoms with Crippen LogP contribution >= 0.6 is 11.6 Å². The molecule has 0 aliphatic carbocycles. The molecule has 1 fully saturated rings. The second-order valence-electron chi connectivity index (χ2n) is 4.73. The molecule has 1 aromatic rings. The molecule has 1 saturated heterocycles. The van der Waals surface area contributed by atoms with Crippen molar-refractivity contribution in [2.24, 2.45) is 5.92 Å². The predicted octanol–water partition coefficient (Wildman–Crippen LogP) is 1.78. The van der Waals surface area contributed by atoms with Crippen molar-refractivity contribution < 1.29 is 22.0 Å². The van der Waals surface area contributed by atoms with Gasteiger partial charge in [-0.3, -0.25) is 4.79 Å². The third-order valence-corrected chi connectivity index (χ3v) is 5.28. The van der Waals surface area contributed by atoms with Gasteiger partial charge in [-0.2, -0.15) is 0 Å². The molecule has 0 aromatic heterocycles. The molecule has 1 aliphatic heterocycles. The lowest BCUT2D eigenvalue weighted by Crippen LogP contribution is -2.30. The van der Waals surface area contributed by atoms with Crippen molar-refractivity contribution in [1.29, 1.82) is 0 Å². The van der Waals surface area contributed by atoms with Gasteiger partial charge in [0.15, 0.2) is 21.5 Å². The van der Waals surface area contributed by atoms with E-state index >= 15 is 0 Å². The first kappa shape index (κ1) is 15.2. The summed E-state index contributed by atoms with van der Waals surface area (Å²) in [4.78, 5) is 11.8. The van der Waals surface area contributed by atoms with E-state index in [2.05, 4.69) is 5.32 Å². The molecule has 0 bridgehead atoms. The zero-order valence-corrected chi connectivity index (χ0v) is 11.9. The number of hydrogen-bond donors (Lipinski definition) is 1. The van der Waals surface area contributed by atoms with Crippen LogP contribution in [0.2, 0.25) is 5.02 Å². The van der Waals surface area contributed by atoms with Crippen LogP contribution in [0.3, 0.4) is 0 Å². The summed E-state index contributed by atoms with van der Waals surface area (Å²) in [7, 11) is -3.02. The number of halogens is 3. The second kappa shape index (κ2) is 5.65. The molecule has 1 aromatic carbocycles. The number of carbonyl (C=O) groups is 1. The van der Waals surface area contributed by atoms with Crippen LogP contribution in [0.25, 0.3) is 0 Å². The molecular formula is C12H12ClF2NO3S. The van der Waals surface area contributed by atoms with Crippen LogP contribution < -0.4 is 5.32 Å². The van der Waals surface area contributed by atoms with Crippen LogP contribution in [0.1, 0.15) is 16.8 Å². The molecule has 1 atom stereocenters. The Morgan fingerprint density at radius 3 is 2.60 bits per heavy atom. The number of sulfone groups is 1. The number of amides is 1. The smallest absolute Gasteiger partial charge is 0.252 e. The Morgan fingerprint density at radius 1 is 1.35 bits per heavy atom. The molecule has 0 spiro atoms. The van der Waals surface area contributed by atoms with Gasteiger partial charge in [-0.05, 0) is 24.5 Å². The quantitative estimate of drug-likeness (QED) is 0.863. The van der Waals surface area contributed by atoms with Crippen molar-refractivity contribution in [3.63, 3.8) is 0 Å². The van der Waals surface area contributed by atoms with Crippen molar-refractivity contribution in [3.8, 4) is 0 Å². The lowest BCUT2D eigenvalue weighted by atomic mass is 10.1. The van der Waals surface area contributed by atoms with Gasteiger partial charge in [0.05, 0.1) is 22.1 Å². The number of rotatable bonds is 3. The molecular weight excluding hydrogens is 312 g/mol. The standard InChI is InChI=1S/C12H12ClF2NO3S/c13-9-4-11(15)10(14)3-8(9)12(17)16-5-7-1-2-20(18,19)6-7/h3-4,7H,1-2,5-6H2,(H,16,17)/t7-/m0/s1. The zero-order chi connectivity index (χ0) is 14.9. The summed E-state index contributed by atoms with van der Waals surface area (Å²) in [5.74, 6) is -2.97. The first-order chi connectivity index (χ1) is 9.28. The van der Waals surface area contributed by atoms with Crippen LogP contribution in [-0.2, 0) is 9.84 Å². The highest BCUT2D eigenvalue weighted by Gasteiger charge is 2.28. The normalized spacial score (nSPS) is 20.9. The molecule has 2 rings (SSSR count). The number of benzene rings is 1. The van der Waals surface area contributed by atoms with Crippen molar-refractivity contribution in [2.75, 3.05) is 18.1 Å². The lowest BCUT2D eigenvalue weighted by Gasteiger charge is -2.10. The van der Waals surface area contributed by atoms with E-state index in [1.807, 2.05) is 0 Å². The Kier molecular flexibility index (Phi) is 4.29. The average molecular weight is 324 g/mol. The van der Waals surface area contributed by atoms with Crippen molar-refractivity contribution >= 4 is 27.3 Å². The topological polar surface area (TPSA) is 63.2 Å². The van der Waals surface area contributed by atoms with E-state index in [0.717, 1.165) is 12.1 Å². The van der Waals surface area contributed by atoms with Crippen LogP contribution in [0.5, 0.6) is 0 Å². The predicted molar refractivity (Wildman–Crippen MR) is 70.5 cm³/mol. The molecule has 0 saturated carbocycles. The number of carbonyl (C=O) groups excluding carboxylic acids is 1. The van der Waals surface area contributed by atoms with Crippen LogP contribution in [-0.4, -0.2) is 32.4 Å². The van der Waals surface area contributed by atoms with Gasteiger partial charge in [-0.25, -0.2) is 17.2 Å². The van der Waals surface area contributed by atoms with Crippen LogP contribution in [0.15, 0.2) is 12.1 Å². The van der Waals surface area contributed by atoms with E-state index in [-0.39, 0.29) is 34.6 Å². The molecule has 1 N–H and O–H groups in total. The maximum Gasteiger partial charge on any atom is 0.252 e. The van der Waals surface area contributed by atoms with E-state index in [9.17, 15) is 22.0 Å². The van der Waals surface area contributed by atoms with Gasteiger partial charge < -0.3 is 5.32 Å². The SMILES string of the molecule is O=C(NC[C@@H]1CCS(=O)(=O)C1)c1cc(F)c(F)cc1Cl. The third-order valence-electron chi connectivity index (χ3n) is 3.13. The molecule has 4 nitrogen and oxygen atoms in total. The van der Waals surface area contributed by atoms with Gasteiger partial charge in [-0.15, -0.1) is 0 Å². The maximum atomic E-state index is 13.1. The lowest BCUT2D eigenvalue weighted by molar-refractivity contribution is 0.0948. The minimum Gasteiger partial charge on any atom is -0.352 e. The summed E-state index contributed by atoms with van der Waals surface area (Å²) < 4.78 is 48.5. The summed E-state index contributed by atoms with van der Waals surface area (Å²) in [6.45, 7) is 0.160. The average Bonchev–Trinajstić information content (AvgIpc) is 2.70.